The van der Waals surface area contributed by atoms with Crippen molar-refractivity contribution >= 4 is 44.1 Å². The molecule has 5 rings (SSSR count). The summed E-state index contributed by atoms with van der Waals surface area (Å²) in [5.74, 6) is -2.31. The van der Waals surface area contributed by atoms with E-state index in [9.17, 15) is 19.1 Å². The van der Waals surface area contributed by atoms with E-state index in [4.69, 9.17) is 0 Å². The first-order chi connectivity index (χ1) is 15.8. The number of anilines is 1. The van der Waals surface area contributed by atoms with Crippen molar-refractivity contribution in [2.24, 2.45) is 0 Å². The molecule has 3 aromatic carbocycles. The molecular formula is C26H19FN2O3S. The third-order valence-electron chi connectivity index (χ3n) is 5.70. The molecule has 33 heavy (non-hydrogen) atoms. The summed E-state index contributed by atoms with van der Waals surface area (Å²) < 4.78 is 14.6. The van der Waals surface area contributed by atoms with E-state index in [1.165, 1.54) is 40.5 Å². The van der Waals surface area contributed by atoms with Gasteiger partial charge in [-0.25, -0.2) is 9.37 Å². The standard InChI is InChI=1S/C26H19FN2O3S/c1-14-12-15(2)21-19(13-14)33-26(28-21)29-22(16-8-10-18(27)11-9-16)20(24(31)25(29)32)23(30)17-6-4-3-5-7-17/h3-13,22,30H,1-2H3/b23-20+. The molecule has 0 radical (unpaired) electrons. The maximum absolute atomic E-state index is 13.7. The summed E-state index contributed by atoms with van der Waals surface area (Å²) >= 11 is 1.30. The van der Waals surface area contributed by atoms with Gasteiger partial charge in [-0.15, -0.1) is 0 Å². The SMILES string of the molecule is Cc1cc(C)c2nc(N3C(=O)C(=O)/C(=C(/O)c4ccccc4)C3c3ccc(F)cc3)sc2c1. The maximum Gasteiger partial charge on any atom is 0.301 e. The monoisotopic (exact) mass is 458 g/mol. The van der Waals surface area contributed by atoms with Crippen molar-refractivity contribution < 1.29 is 19.1 Å². The van der Waals surface area contributed by atoms with Gasteiger partial charge in [0.2, 0.25) is 0 Å². The second-order valence-corrected chi connectivity index (χ2v) is 9.02. The molecule has 1 aromatic heterocycles. The van der Waals surface area contributed by atoms with Crippen LogP contribution in [0.15, 0.2) is 72.3 Å². The van der Waals surface area contributed by atoms with E-state index in [0.717, 1.165) is 21.3 Å². The molecule has 1 unspecified atom stereocenters. The number of thiazole rings is 1. The number of hydrogen-bond acceptors (Lipinski definition) is 5. The highest BCUT2D eigenvalue weighted by molar-refractivity contribution is 7.22. The highest BCUT2D eigenvalue weighted by atomic mass is 32.1. The van der Waals surface area contributed by atoms with Crippen LogP contribution in [0.3, 0.4) is 0 Å². The van der Waals surface area contributed by atoms with Gasteiger partial charge in [0.1, 0.15) is 11.6 Å². The summed E-state index contributed by atoms with van der Waals surface area (Å²) in [5.41, 5.74) is 3.65. The number of aromatic nitrogens is 1. The Morgan fingerprint density at radius 1 is 1.03 bits per heavy atom. The molecule has 1 amide bonds. The van der Waals surface area contributed by atoms with Gasteiger partial charge in [-0.05, 0) is 48.7 Å². The molecule has 1 atom stereocenters. The van der Waals surface area contributed by atoms with E-state index < -0.39 is 23.5 Å². The van der Waals surface area contributed by atoms with Crippen LogP contribution in [0.2, 0.25) is 0 Å². The topological polar surface area (TPSA) is 70.5 Å². The Balaban J connectivity index is 1.75. The molecule has 1 aliphatic rings. The Morgan fingerprint density at radius 3 is 2.42 bits per heavy atom. The van der Waals surface area contributed by atoms with Crippen molar-refractivity contribution in [3.63, 3.8) is 0 Å². The zero-order chi connectivity index (χ0) is 23.3. The van der Waals surface area contributed by atoms with E-state index in [2.05, 4.69) is 4.98 Å². The number of benzene rings is 3. The summed E-state index contributed by atoms with van der Waals surface area (Å²) in [6.07, 6.45) is 0. The van der Waals surface area contributed by atoms with Crippen LogP contribution in [0.5, 0.6) is 0 Å². The molecule has 1 saturated heterocycles. The van der Waals surface area contributed by atoms with Crippen LogP contribution < -0.4 is 4.90 Å². The molecule has 1 aliphatic heterocycles. The van der Waals surface area contributed by atoms with Crippen molar-refractivity contribution in [1.29, 1.82) is 0 Å². The van der Waals surface area contributed by atoms with Crippen molar-refractivity contribution in [3.05, 3.63) is 100 Å². The van der Waals surface area contributed by atoms with E-state index >= 15 is 0 Å². The number of aliphatic hydroxyl groups is 1. The molecule has 0 saturated carbocycles. The van der Waals surface area contributed by atoms with Gasteiger partial charge in [-0.1, -0.05) is 59.9 Å². The lowest BCUT2D eigenvalue weighted by molar-refractivity contribution is -0.132. The van der Waals surface area contributed by atoms with Gasteiger partial charge in [0, 0.05) is 5.56 Å². The summed E-state index contributed by atoms with van der Waals surface area (Å²) in [7, 11) is 0. The second-order valence-electron chi connectivity index (χ2n) is 8.01. The number of amides is 1. The number of nitrogens with zero attached hydrogens (tertiary/aromatic N) is 2. The fourth-order valence-corrected chi connectivity index (χ4v) is 5.37. The van der Waals surface area contributed by atoms with E-state index in [1.807, 2.05) is 26.0 Å². The van der Waals surface area contributed by atoms with Gasteiger partial charge in [0.15, 0.2) is 5.13 Å². The third-order valence-corrected chi connectivity index (χ3v) is 6.70. The number of aliphatic hydroxyl groups excluding tert-OH is 1. The lowest BCUT2D eigenvalue weighted by Gasteiger charge is -2.23. The first kappa shape index (κ1) is 21.0. The molecule has 0 bridgehead atoms. The average molecular weight is 459 g/mol. The molecule has 7 heteroatoms. The first-order valence-electron chi connectivity index (χ1n) is 10.3. The minimum Gasteiger partial charge on any atom is -0.507 e. The minimum absolute atomic E-state index is 0.0510. The molecule has 0 aliphatic carbocycles. The smallest absolute Gasteiger partial charge is 0.301 e. The zero-order valence-electron chi connectivity index (χ0n) is 17.9. The number of hydrogen-bond donors (Lipinski definition) is 1. The molecule has 1 fully saturated rings. The van der Waals surface area contributed by atoms with Crippen LogP contribution >= 0.6 is 11.3 Å². The quantitative estimate of drug-likeness (QED) is 0.244. The fraction of sp³-hybridized carbons (Fsp3) is 0.115. The zero-order valence-corrected chi connectivity index (χ0v) is 18.7. The Morgan fingerprint density at radius 2 is 1.73 bits per heavy atom. The molecule has 1 N–H and O–H groups in total. The lowest BCUT2D eigenvalue weighted by atomic mass is 9.95. The molecular weight excluding hydrogens is 439 g/mol. The van der Waals surface area contributed by atoms with Crippen molar-refractivity contribution in [3.8, 4) is 0 Å². The van der Waals surface area contributed by atoms with E-state index in [1.54, 1.807) is 30.3 Å². The van der Waals surface area contributed by atoms with Crippen LogP contribution in [-0.4, -0.2) is 21.8 Å². The van der Waals surface area contributed by atoms with Gasteiger partial charge in [-0.2, -0.15) is 0 Å². The second kappa shape index (κ2) is 7.94. The first-order valence-corrected chi connectivity index (χ1v) is 11.2. The van der Waals surface area contributed by atoms with Gasteiger partial charge < -0.3 is 5.11 Å². The Bertz CT molecular complexity index is 1440. The van der Waals surface area contributed by atoms with Crippen LogP contribution in [0, 0.1) is 19.7 Å². The normalized spacial score (nSPS) is 17.8. The predicted octanol–water partition coefficient (Wildman–Crippen LogP) is 5.68. The van der Waals surface area contributed by atoms with Crippen molar-refractivity contribution in [1.82, 2.24) is 4.98 Å². The largest absolute Gasteiger partial charge is 0.507 e. The molecule has 2 heterocycles. The average Bonchev–Trinajstić information content (AvgIpc) is 3.33. The number of Topliss-reactive ketones (excluding diaryl/α,β-unsaturated/α-hetero) is 1. The molecule has 4 aromatic rings. The van der Waals surface area contributed by atoms with Gasteiger partial charge in [0.05, 0.1) is 21.8 Å². The van der Waals surface area contributed by atoms with Gasteiger partial charge >= 0.3 is 5.91 Å². The van der Waals surface area contributed by atoms with Crippen LogP contribution in [-0.2, 0) is 9.59 Å². The predicted molar refractivity (Wildman–Crippen MR) is 127 cm³/mol. The molecule has 5 nitrogen and oxygen atoms in total. The van der Waals surface area contributed by atoms with E-state index in [0.29, 0.717) is 16.3 Å². The fourth-order valence-electron chi connectivity index (χ4n) is 4.20. The highest BCUT2D eigenvalue weighted by Crippen LogP contribution is 2.44. The maximum atomic E-state index is 13.7. The summed E-state index contributed by atoms with van der Waals surface area (Å²) in [6.45, 7) is 3.93. The lowest BCUT2D eigenvalue weighted by Crippen LogP contribution is -2.29. The number of halogens is 1. The van der Waals surface area contributed by atoms with Gasteiger partial charge in [0.25, 0.3) is 5.78 Å². The highest BCUT2D eigenvalue weighted by Gasteiger charge is 2.48. The Hall–Kier alpha value is -3.84. The molecule has 0 spiro atoms. The summed E-state index contributed by atoms with van der Waals surface area (Å²) in [6, 6.07) is 17.2. The number of rotatable bonds is 3. The number of aryl methyl sites for hydroxylation is 2. The molecule has 164 valence electrons. The van der Waals surface area contributed by atoms with Crippen LogP contribution in [0.4, 0.5) is 9.52 Å². The van der Waals surface area contributed by atoms with Crippen LogP contribution in [0.25, 0.3) is 16.0 Å². The van der Waals surface area contributed by atoms with Crippen LogP contribution in [0.1, 0.15) is 28.3 Å². The number of ketones is 1. The number of carbonyl (C=O) groups is 2. The summed E-state index contributed by atoms with van der Waals surface area (Å²) in [4.78, 5) is 32.4. The van der Waals surface area contributed by atoms with Crippen molar-refractivity contribution in [2.45, 2.75) is 19.9 Å². The Labute approximate surface area is 193 Å². The van der Waals surface area contributed by atoms with E-state index in [-0.39, 0.29) is 11.3 Å². The van der Waals surface area contributed by atoms with Gasteiger partial charge in [-0.3, -0.25) is 14.5 Å². The number of carbonyl (C=O) groups excluding carboxylic acids is 2. The minimum atomic E-state index is -0.937. The Kier molecular flexibility index (Phi) is 5.06. The summed E-state index contributed by atoms with van der Waals surface area (Å²) in [5, 5.41) is 11.4. The third kappa shape index (κ3) is 3.50. The van der Waals surface area contributed by atoms with Crippen molar-refractivity contribution in [2.75, 3.05) is 4.90 Å². The number of fused-ring (bicyclic) bond motifs is 1.